The lowest BCUT2D eigenvalue weighted by Gasteiger charge is -2.04. The maximum absolute atomic E-state index is 11.9. The van der Waals surface area contributed by atoms with Crippen LogP contribution in [0.2, 0.25) is 0 Å². The van der Waals surface area contributed by atoms with Gasteiger partial charge in [0.05, 0.1) is 0 Å². The van der Waals surface area contributed by atoms with E-state index in [0.29, 0.717) is 5.56 Å². The van der Waals surface area contributed by atoms with Crippen LogP contribution in [0.5, 0.6) is 0 Å². The maximum atomic E-state index is 11.9. The largest absolute Gasteiger partial charge is 0.386 e. The Labute approximate surface area is 139 Å². The van der Waals surface area contributed by atoms with Crippen LogP contribution < -0.4 is 5.32 Å². The number of amides is 1. The summed E-state index contributed by atoms with van der Waals surface area (Å²) in [7, 11) is 0. The van der Waals surface area contributed by atoms with E-state index in [9.17, 15) is 9.59 Å². The van der Waals surface area contributed by atoms with Crippen LogP contribution in [0.1, 0.15) is 15.9 Å². The average molecular weight is 321 g/mol. The first-order chi connectivity index (χ1) is 11.7. The van der Waals surface area contributed by atoms with Gasteiger partial charge >= 0.3 is 0 Å². The molecule has 6 nitrogen and oxygen atoms in total. The van der Waals surface area contributed by atoms with Gasteiger partial charge in [-0.05, 0) is 5.56 Å². The van der Waals surface area contributed by atoms with Gasteiger partial charge in [-0.1, -0.05) is 65.8 Å². The lowest BCUT2D eigenvalue weighted by atomic mass is 10.1. The fraction of sp³-hybridized carbons (Fsp3) is 0.111. The highest BCUT2D eigenvalue weighted by Crippen LogP contribution is 2.01. The number of nitriles is 1. The second-order valence-electron chi connectivity index (χ2n) is 4.78. The van der Waals surface area contributed by atoms with E-state index in [2.05, 4.69) is 10.5 Å². The van der Waals surface area contributed by atoms with Gasteiger partial charge in [-0.25, -0.2) is 0 Å². The molecule has 0 saturated carbocycles. The van der Waals surface area contributed by atoms with Gasteiger partial charge in [-0.15, -0.1) is 0 Å². The molecule has 0 aromatic heterocycles. The fourth-order valence-electron chi connectivity index (χ4n) is 1.84. The number of benzene rings is 2. The topological polar surface area (TPSA) is 91.5 Å². The summed E-state index contributed by atoms with van der Waals surface area (Å²) in [5, 5.41) is 15.0. The van der Waals surface area contributed by atoms with Crippen LogP contribution in [0.15, 0.2) is 65.8 Å². The van der Waals surface area contributed by atoms with Crippen LogP contribution >= 0.6 is 0 Å². The molecule has 24 heavy (non-hydrogen) atoms. The van der Waals surface area contributed by atoms with Crippen LogP contribution in [-0.2, 0) is 16.2 Å². The highest BCUT2D eigenvalue weighted by molar-refractivity contribution is 6.45. The number of Topliss-reactive ketones (excluding diaryl/α,β-unsaturated/α-hetero) is 1. The van der Waals surface area contributed by atoms with Crippen LogP contribution in [0.25, 0.3) is 0 Å². The highest BCUT2D eigenvalue weighted by Gasteiger charge is 2.12. The Morgan fingerprint density at radius 1 is 1.04 bits per heavy atom. The van der Waals surface area contributed by atoms with Gasteiger partial charge in [0, 0.05) is 12.1 Å². The minimum Gasteiger partial charge on any atom is -0.386 e. The molecule has 1 N–H and O–H groups in total. The number of hydrogen-bond donors (Lipinski definition) is 1. The zero-order valence-electron chi connectivity index (χ0n) is 12.8. The number of hydrogen-bond acceptors (Lipinski definition) is 5. The molecule has 0 saturated heterocycles. The van der Waals surface area contributed by atoms with Gasteiger partial charge in [0.2, 0.25) is 11.5 Å². The smallest absolute Gasteiger partial charge is 0.284 e. The van der Waals surface area contributed by atoms with Crippen molar-refractivity contribution < 1.29 is 14.4 Å². The molecule has 0 fully saturated rings. The van der Waals surface area contributed by atoms with Crippen molar-refractivity contribution in [3.05, 3.63) is 71.8 Å². The third-order valence-electron chi connectivity index (χ3n) is 3.06. The Morgan fingerprint density at radius 2 is 1.67 bits per heavy atom. The summed E-state index contributed by atoms with van der Waals surface area (Å²) < 4.78 is 0. The average Bonchev–Trinajstić information content (AvgIpc) is 2.64. The predicted octanol–water partition coefficient (Wildman–Crippen LogP) is 2.08. The monoisotopic (exact) mass is 321 g/mol. The van der Waals surface area contributed by atoms with Crippen molar-refractivity contribution >= 4 is 17.4 Å². The zero-order valence-corrected chi connectivity index (χ0v) is 12.8. The molecule has 2 aromatic carbocycles. The third kappa shape index (κ3) is 5.07. The molecule has 0 heterocycles. The van der Waals surface area contributed by atoms with Gasteiger partial charge in [-0.2, -0.15) is 5.26 Å². The standard InChI is InChI=1S/C18H15N3O3/c19-11-16(18(23)20-12-14-7-3-1-4-8-14)21-24-13-17(22)15-9-5-2-6-10-15/h1-10H,12-13H2,(H,20,23). The Morgan fingerprint density at radius 3 is 2.29 bits per heavy atom. The Kier molecular flexibility index (Phi) is 6.24. The normalized spacial score (nSPS) is 10.5. The first-order valence-corrected chi connectivity index (χ1v) is 7.21. The van der Waals surface area contributed by atoms with Crippen molar-refractivity contribution in [2.24, 2.45) is 5.16 Å². The molecular weight excluding hydrogens is 306 g/mol. The molecule has 0 bridgehead atoms. The number of ketones is 1. The Hall–Kier alpha value is -3.46. The quantitative estimate of drug-likeness (QED) is 0.480. The molecule has 0 radical (unpaired) electrons. The van der Waals surface area contributed by atoms with E-state index < -0.39 is 11.6 Å². The minimum absolute atomic E-state index is 0.267. The molecule has 6 heteroatoms. The van der Waals surface area contributed by atoms with Crippen molar-refractivity contribution in [3.8, 4) is 6.07 Å². The lowest BCUT2D eigenvalue weighted by molar-refractivity contribution is -0.115. The SMILES string of the molecule is N#CC(=NOCC(=O)c1ccccc1)C(=O)NCc1ccccc1. The van der Waals surface area contributed by atoms with Gasteiger partial charge in [-0.3, -0.25) is 9.59 Å². The summed E-state index contributed by atoms with van der Waals surface area (Å²) in [5.74, 6) is -0.949. The first-order valence-electron chi connectivity index (χ1n) is 7.21. The summed E-state index contributed by atoms with van der Waals surface area (Å²) in [6, 6.07) is 19.4. The van der Waals surface area contributed by atoms with Crippen LogP contribution in [0.3, 0.4) is 0 Å². The van der Waals surface area contributed by atoms with Gasteiger partial charge in [0.25, 0.3) is 5.91 Å². The summed E-state index contributed by atoms with van der Waals surface area (Å²) >= 11 is 0. The van der Waals surface area contributed by atoms with Crippen LogP contribution in [-0.4, -0.2) is 24.0 Å². The zero-order chi connectivity index (χ0) is 17.2. The predicted molar refractivity (Wildman–Crippen MR) is 88.1 cm³/mol. The second-order valence-corrected chi connectivity index (χ2v) is 4.78. The number of rotatable bonds is 7. The molecule has 0 atom stereocenters. The number of carbonyl (C=O) groups excluding carboxylic acids is 2. The Balaban J connectivity index is 1.86. The van der Waals surface area contributed by atoms with Crippen LogP contribution in [0, 0.1) is 11.3 Å². The summed E-state index contributed by atoms with van der Waals surface area (Å²) in [5.41, 5.74) is 0.926. The summed E-state index contributed by atoms with van der Waals surface area (Å²) in [4.78, 5) is 28.5. The molecule has 2 aromatic rings. The number of oxime groups is 1. The minimum atomic E-state index is -0.659. The third-order valence-corrected chi connectivity index (χ3v) is 3.06. The van der Waals surface area contributed by atoms with E-state index in [-0.39, 0.29) is 18.9 Å². The van der Waals surface area contributed by atoms with Gasteiger partial charge < -0.3 is 10.2 Å². The Bertz CT molecular complexity index is 765. The van der Waals surface area contributed by atoms with E-state index in [0.717, 1.165) is 5.56 Å². The molecule has 120 valence electrons. The van der Waals surface area contributed by atoms with Crippen molar-refractivity contribution in [1.29, 1.82) is 5.26 Å². The first kappa shape index (κ1) is 16.9. The molecule has 1 amide bonds. The van der Waals surface area contributed by atoms with Crippen molar-refractivity contribution in [3.63, 3.8) is 0 Å². The molecule has 0 spiro atoms. The number of carbonyl (C=O) groups is 2. The van der Waals surface area contributed by atoms with E-state index in [4.69, 9.17) is 10.1 Å². The highest BCUT2D eigenvalue weighted by atomic mass is 16.6. The summed E-state index contributed by atoms with van der Waals surface area (Å²) in [6.07, 6.45) is 0. The maximum Gasteiger partial charge on any atom is 0.284 e. The summed E-state index contributed by atoms with van der Waals surface area (Å²) in [6.45, 7) is -0.0789. The number of nitrogens with zero attached hydrogens (tertiary/aromatic N) is 2. The van der Waals surface area contributed by atoms with E-state index in [1.807, 2.05) is 30.3 Å². The van der Waals surface area contributed by atoms with Crippen molar-refractivity contribution in [2.45, 2.75) is 6.54 Å². The molecule has 0 aliphatic heterocycles. The van der Waals surface area contributed by atoms with E-state index in [1.165, 1.54) is 0 Å². The van der Waals surface area contributed by atoms with Crippen LogP contribution in [0.4, 0.5) is 0 Å². The van der Waals surface area contributed by atoms with Gasteiger partial charge in [0.15, 0.2) is 6.61 Å². The van der Waals surface area contributed by atoms with Crippen molar-refractivity contribution in [2.75, 3.05) is 6.61 Å². The van der Waals surface area contributed by atoms with E-state index in [1.54, 1.807) is 36.4 Å². The van der Waals surface area contributed by atoms with Crippen molar-refractivity contribution in [1.82, 2.24) is 5.32 Å². The fourth-order valence-corrected chi connectivity index (χ4v) is 1.84. The second kappa shape index (κ2) is 8.86. The molecule has 0 aliphatic rings. The lowest BCUT2D eigenvalue weighted by Crippen LogP contribution is -2.30. The molecule has 2 rings (SSSR count). The molecule has 0 unspecified atom stereocenters. The van der Waals surface area contributed by atoms with E-state index >= 15 is 0 Å². The molecule has 0 aliphatic carbocycles. The van der Waals surface area contributed by atoms with Gasteiger partial charge in [0.1, 0.15) is 6.07 Å². The number of nitrogens with one attached hydrogen (secondary N) is 1. The molecular formula is C18H15N3O3.